The molecule has 2 unspecified atom stereocenters. The molecule has 146 valence electrons. The van der Waals surface area contributed by atoms with Gasteiger partial charge in [0.25, 0.3) is 0 Å². The van der Waals surface area contributed by atoms with Crippen molar-refractivity contribution in [3.8, 4) is 0 Å². The predicted octanol–water partition coefficient (Wildman–Crippen LogP) is 2.94. The molecule has 0 spiro atoms. The van der Waals surface area contributed by atoms with Crippen LogP contribution in [0.1, 0.15) is 36.8 Å². The molecule has 1 aliphatic carbocycles. The molecule has 3 rings (SSSR count). The smallest absolute Gasteiger partial charge is 0.191 e. The number of aliphatic imine (C=N–C) groups is 1. The average molecular weight is 473 g/mol. The van der Waals surface area contributed by atoms with Gasteiger partial charge in [-0.3, -0.25) is 4.99 Å². The number of nitrogens with zero attached hydrogens (tertiary/aromatic N) is 1. The fourth-order valence-corrected chi connectivity index (χ4v) is 3.41. The lowest BCUT2D eigenvalue weighted by atomic mass is 9.78. The minimum absolute atomic E-state index is 0. The van der Waals surface area contributed by atoms with E-state index in [2.05, 4.69) is 41.8 Å². The third-order valence-electron chi connectivity index (χ3n) is 4.91. The molecule has 1 fully saturated rings. The number of hydrogen-bond acceptors (Lipinski definition) is 3. The summed E-state index contributed by atoms with van der Waals surface area (Å²) in [5.41, 5.74) is 2.94. The van der Waals surface area contributed by atoms with Crippen LogP contribution in [0.3, 0.4) is 0 Å². The van der Waals surface area contributed by atoms with Crippen molar-refractivity contribution in [3.05, 3.63) is 35.4 Å². The van der Waals surface area contributed by atoms with Crippen LogP contribution in [-0.4, -0.2) is 52.0 Å². The first kappa shape index (κ1) is 21.4. The molecule has 0 amide bonds. The summed E-state index contributed by atoms with van der Waals surface area (Å²) >= 11 is 0. The number of nitrogens with one attached hydrogen (secondary N) is 2. The molecule has 5 nitrogen and oxygen atoms in total. The van der Waals surface area contributed by atoms with Gasteiger partial charge in [0.05, 0.1) is 13.2 Å². The molecule has 2 N–H and O–H groups in total. The number of ether oxygens (including phenoxy) is 2. The molecule has 1 heterocycles. The number of benzene rings is 1. The van der Waals surface area contributed by atoms with Crippen LogP contribution < -0.4 is 10.6 Å². The highest BCUT2D eigenvalue weighted by Gasteiger charge is 2.24. The van der Waals surface area contributed by atoms with Crippen LogP contribution in [0.5, 0.6) is 0 Å². The van der Waals surface area contributed by atoms with Gasteiger partial charge in [0, 0.05) is 44.7 Å². The lowest BCUT2D eigenvalue weighted by Crippen LogP contribution is -2.38. The van der Waals surface area contributed by atoms with Crippen molar-refractivity contribution >= 4 is 29.9 Å². The van der Waals surface area contributed by atoms with Crippen LogP contribution in [0.2, 0.25) is 0 Å². The topological polar surface area (TPSA) is 54.9 Å². The van der Waals surface area contributed by atoms with Crippen molar-refractivity contribution in [1.82, 2.24) is 10.6 Å². The Kier molecular flexibility index (Phi) is 9.71. The summed E-state index contributed by atoms with van der Waals surface area (Å²) in [4.78, 5) is 4.75. The minimum Gasteiger partial charge on any atom is -0.381 e. The van der Waals surface area contributed by atoms with Crippen molar-refractivity contribution in [2.75, 3.05) is 46.1 Å². The van der Waals surface area contributed by atoms with Gasteiger partial charge in [-0.25, -0.2) is 0 Å². The number of fused-ring (bicyclic) bond motifs is 1. The highest BCUT2D eigenvalue weighted by atomic mass is 127. The zero-order chi connectivity index (χ0) is 17.3. The summed E-state index contributed by atoms with van der Waals surface area (Å²) in [6.45, 7) is 8.09. The normalized spacial score (nSPS) is 21.5. The van der Waals surface area contributed by atoms with E-state index in [1.54, 1.807) is 0 Å². The first-order chi connectivity index (χ1) is 12.4. The Hall–Kier alpha value is -0.860. The van der Waals surface area contributed by atoms with E-state index in [-0.39, 0.29) is 24.0 Å². The second-order valence-corrected chi connectivity index (χ2v) is 6.90. The molecular weight excluding hydrogens is 441 g/mol. The summed E-state index contributed by atoms with van der Waals surface area (Å²) < 4.78 is 11.1. The van der Waals surface area contributed by atoms with E-state index < -0.39 is 0 Å². The summed E-state index contributed by atoms with van der Waals surface area (Å²) in [7, 11) is 0. The maximum absolute atomic E-state index is 5.74. The van der Waals surface area contributed by atoms with E-state index >= 15 is 0 Å². The number of halogens is 1. The second-order valence-electron chi connectivity index (χ2n) is 6.90. The number of rotatable bonds is 9. The van der Waals surface area contributed by atoms with Gasteiger partial charge in [0.1, 0.15) is 0 Å². The average Bonchev–Trinajstić information content (AvgIpc) is 3.12. The van der Waals surface area contributed by atoms with Crippen LogP contribution in [-0.2, 0) is 15.9 Å². The van der Waals surface area contributed by atoms with Crippen molar-refractivity contribution < 1.29 is 9.47 Å². The molecule has 1 aliphatic heterocycles. The highest BCUT2D eigenvalue weighted by Crippen LogP contribution is 2.34. The summed E-state index contributed by atoms with van der Waals surface area (Å²) in [5, 5.41) is 6.74. The Balaban J connectivity index is 0.00000243. The minimum atomic E-state index is 0. The Bertz CT molecular complexity index is 562. The lowest BCUT2D eigenvalue weighted by Gasteiger charge is -2.28. The van der Waals surface area contributed by atoms with Gasteiger partial charge in [0.2, 0.25) is 0 Å². The standard InChI is InChI=1S/C20H31N3O2.HI/c1-2-21-20(22-9-5-10-24-14-16-8-11-25-15-16)23-13-18-12-17-6-3-4-7-19(17)18;/h3-4,6-7,16,18H,2,5,8-15H2,1H3,(H2,21,22,23);1H. The van der Waals surface area contributed by atoms with Crippen molar-refractivity contribution in [2.24, 2.45) is 10.9 Å². The molecule has 0 bridgehead atoms. The quantitative estimate of drug-likeness (QED) is 0.251. The summed E-state index contributed by atoms with van der Waals surface area (Å²) in [6, 6.07) is 8.68. The lowest BCUT2D eigenvalue weighted by molar-refractivity contribution is 0.0888. The van der Waals surface area contributed by atoms with Gasteiger partial charge in [0.15, 0.2) is 5.96 Å². The van der Waals surface area contributed by atoms with Crippen LogP contribution in [0.15, 0.2) is 29.3 Å². The largest absolute Gasteiger partial charge is 0.381 e. The fourth-order valence-electron chi connectivity index (χ4n) is 3.41. The maximum atomic E-state index is 5.74. The Labute approximate surface area is 174 Å². The van der Waals surface area contributed by atoms with Crippen LogP contribution in [0, 0.1) is 5.92 Å². The third-order valence-corrected chi connectivity index (χ3v) is 4.91. The van der Waals surface area contributed by atoms with E-state index in [1.165, 1.54) is 11.1 Å². The molecule has 1 aromatic rings. The van der Waals surface area contributed by atoms with Crippen LogP contribution in [0.25, 0.3) is 0 Å². The zero-order valence-corrected chi connectivity index (χ0v) is 18.0. The van der Waals surface area contributed by atoms with Gasteiger partial charge >= 0.3 is 0 Å². The SMILES string of the molecule is CCNC(=NCC1Cc2ccccc21)NCCCOCC1CCOC1.I. The van der Waals surface area contributed by atoms with Gasteiger partial charge < -0.3 is 20.1 Å². The number of hydrogen-bond donors (Lipinski definition) is 2. The molecule has 0 radical (unpaired) electrons. The first-order valence-corrected chi connectivity index (χ1v) is 9.62. The van der Waals surface area contributed by atoms with E-state index in [1.807, 2.05) is 0 Å². The summed E-state index contributed by atoms with van der Waals surface area (Å²) in [6.07, 6.45) is 3.28. The molecule has 0 saturated carbocycles. The summed E-state index contributed by atoms with van der Waals surface area (Å²) in [5.74, 6) is 2.08. The van der Waals surface area contributed by atoms with Crippen molar-refractivity contribution in [1.29, 1.82) is 0 Å². The van der Waals surface area contributed by atoms with E-state index in [0.29, 0.717) is 11.8 Å². The molecule has 0 aromatic heterocycles. The Morgan fingerprint density at radius 2 is 2.19 bits per heavy atom. The molecule has 1 saturated heterocycles. The molecule has 1 aromatic carbocycles. The zero-order valence-electron chi connectivity index (χ0n) is 15.7. The Morgan fingerprint density at radius 3 is 2.96 bits per heavy atom. The van der Waals surface area contributed by atoms with Gasteiger partial charge in [-0.1, -0.05) is 24.3 Å². The molecule has 6 heteroatoms. The number of guanidine groups is 1. The molecule has 2 atom stereocenters. The van der Waals surface area contributed by atoms with Gasteiger partial charge in [-0.05, 0) is 37.3 Å². The molecular formula is C20H32IN3O2. The van der Waals surface area contributed by atoms with Crippen LogP contribution in [0.4, 0.5) is 0 Å². The van der Waals surface area contributed by atoms with Crippen molar-refractivity contribution in [2.45, 2.75) is 32.1 Å². The molecule has 26 heavy (non-hydrogen) atoms. The van der Waals surface area contributed by atoms with E-state index in [4.69, 9.17) is 14.5 Å². The molecule has 2 aliphatic rings. The van der Waals surface area contributed by atoms with Gasteiger partial charge in [-0.15, -0.1) is 24.0 Å². The monoisotopic (exact) mass is 473 g/mol. The maximum Gasteiger partial charge on any atom is 0.191 e. The van der Waals surface area contributed by atoms with E-state index in [9.17, 15) is 0 Å². The third kappa shape index (κ3) is 6.39. The van der Waals surface area contributed by atoms with Crippen molar-refractivity contribution in [3.63, 3.8) is 0 Å². The van der Waals surface area contributed by atoms with Gasteiger partial charge in [-0.2, -0.15) is 0 Å². The Morgan fingerprint density at radius 1 is 1.31 bits per heavy atom. The predicted molar refractivity (Wildman–Crippen MR) is 117 cm³/mol. The van der Waals surface area contributed by atoms with Crippen LogP contribution >= 0.6 is 24.0 Å². The second kappa shape index (κ2) is 11.8. The fraction of sp³-hybridized carbons (Fsp3) is 0.650. The highest BCUT2D eigenvalue weighted by molar-refractivity contribution is 14.0. The first-order valence-electron chi connectivity index (χ1n) is 9.62. The van der Waals surface area contributed by atoms with E-state index in [0.717, 1.165) is 71.3 Å².